The van der Waals surface area contributed by atoms with Crippen LogP contribution < -0.4 is 5.73 Å². The van der Waals surface area contributed by atoms with Gasteiger partial charge >= 0.3 is 0 Å². The number of hydrogen-bond donors (Lipinski definition) is 1. The van der Waals surface area contributed by atoms with Crippen LogP contribution in [0.2, 0.25) is 0 Å². The minimum atomic E-state index is -3.79. The molecule has 0 aromatic carbocycles. The first-order valence-electron chi connectivity index (χ1n) is 6.30. The van der Waals surface area contributed by atoms with Gasteiger partial charge in [-0.05, 0) is 13.3 Å². The molecule has 114 valence electrons. The summed E-state index contributed by atoms with van der Waals surface area (Å²) in [6.07, 6.45) is 1.67. The number of nitrogens with two attached hydrogens (primary N) is 1. The first-order valence-corrected chi connectivity index (χ1v) is 9.56. The molecule has 0 radical (unpaired) electrons. The van der Waals surface area contributed by atoms with E-state index in [0.29, 0.717) is 13.0 Å². The Morgan fingerprint density at radius 1 is 1.35 bits per heavy atom. The molecular formula is C10H18N4O4S2. The Bertz CT molecular complexity index is 693. The van der Waals surface area contributed by atoms with Gasteiger partial charge in [0.1, 0.15) is 4.90 Å². The van der Waals surface area contributed by atoms with Crippen LogP contribution in [-0.2, 0) is 26.4 Å². The van der Waals surface area contributed by atoms with Gasteiger partial charge < -0.3 is 5.73 Å². The van der Waals surface area contributed by atoms with Gasteiger partial charge in [-0.3, -0.25) is 4.68 Å². The summed E-state index contributed by atoms with van der Waals surface area (Å²) in [5.41, 5.74) is 5.65. The quantitative estimate of drug-likeness (QED) is 0.786. The lowest BCUT2D eigenvalue weighted by molar-refractivity contribution is 0.435. The fourth-order valence-electron chi connectivity index (χ4n) is 2.07. The predicted octanol–water partition coefficient (Wildman–Crippen LogP) is -0.706. The summed E-state index contributed by atoms with van der Waals surface area (Å²) in [4.78, 5) is -0.0568. The van der Waals surface area contributed by atoms with E-state index >= 15 is 0 Å². The van der Waals surface area contributed by atoms with Gasteiger partial charge in [0, 0.05) is 25.8 Å². The van der Waals surface area contributed by atoms with Crippen molar-refractivity contribution in [1.29, 1.82) is 0 Å². The van der Waals surface area contributed by atoms with Crippen LogP contribution in [0.4, 0.5) is 5.82 Å². The predicted molar refractivity (Wildman–Crippen MR) is 74.3 cm³/mol. The molecule has 0 unspecified atom stereocenters. The van der Waals surface area contributed by atoms with Crippen molar-refractivity contribution < 1.29 is 16.8 Å². The molecule has 0 aliphatic carbocycles. The summed E-state index contributed by atoms with van der Waals surface area (Å²) in [7, 11) is -6.96. The number of rotatable bonds is 3. The molecule has 8 nitrogen and oxygen atoms in total. The van der Waals surface area contributed by atoms with Gasteiger partial charge in [-0.2, -0.15) is 9.40 Å². The number of sulfonamides is 1. The fraction of sp³-hybridized carbons (Fsp3) is 0.700. The van der Waals surface area contributed by atoms with Crippen molar-refractivity contribution in [3.05, 3.63) is 6.20 Å². The lowest BCUT2D eigenvalue weighted by Crippen LogP contribution is -2.33. The van der Waals surface area contributed by atoms with Crippen LogP contribution in [0, 0.1) is 0 Å². The molecule has 0 spiro atoms. The maximum absolute atomic E-state index is 12.5. The summed E-state index contributed by atoms with van der Waals surface area (Å²) >= 11 is 0. The van der Waals surface area contributed by atoms with Crippen molar-refractivity contribution in [2.75, 3.05) is 30.3 Å². The molecule has 1 aliphatic rings. The number of aromatic nitrogens is 2. The van der Waals surface area contributed by atoms with Crippen LogP contribution in [0.5, 0.6) is 0 Å². The van der Waals surface area contributed by atoms with Crippen molar-refractivity contribution >= 4 is 25.7 Å². The second kappa shape index (κ2) is 5.34. The molecule has 2 rings (SSSR count). The zero-order valence-corrected chi connectivity index (χ0v) is 12.8. The van der Waals surface area contributed by atoms with E-state index in [1.807, 2.05) is 6.92 Å². The zero-order chi connectivity index (χ0) is 15.0. The first kappa shape index (κ1) is 15.3. The molecule has 0 amide bonds. The Morgan fingerprint density at radius 3 is 2.65 bits per heavy atom. The summed E-state index contributed by atoms with van der Waals surface area (Å²) in [6, 6.07) is 0. The molecule has 2 N–H and O–H groups in total. The Hall–Kier alpha value is -1.13. The lowest BCUT2D eigenvalue weighted by Gasteiger charge is -2.18. The third-order valence-electron chi connectivity index (χ3n) is 3.21. The van der Waals surface area contributed by atoms with Crippen molar-refractivity contribution in [2.24, 2.45) is 0 Å². The lowest BCUT2D eigenvalue weighted by atomic mass is 10.5. The van der Waals surface area contributed by atoms with E-state index in [9.17, 15) is 16.8 Å². The monoisotopic (exact) mass is 322 g/mol. The van der Waals surface area contributed by atoms with Crippen LogP contribution in [-0.4, -0.2) is 55.5 Å². The second-order valence-corrected chi connectivity index (χ2v) is 8.85. The van der Waals surface area contributed by atoms with E-state index in [0.717, 1.165) is 0 Å². The minimum absolute atomic E-state index is 0.0166. The number of anilines is 1. The highest BCUT2D eigenvalue weighted by molar-refractivity contribution is 7.91. The summed E-state index contributed by atoms with van der Waals surface area (Å²) in [5.74, 6) is -0.199. The highest BCUT2D eigenvalue weighted by Crippen LogP contribution is 2.22. The number of sulfone groups is 1. The third kappa shape index (κ3) is 2.96. The van der Waals surface area contributed by atoms with E-state index in [4.69, 9.17) is 5.73 Å². The average Bonchev–Trinajstić information content (AvgIpc) is 2.64. The zero-order valence-electron chi connectivity index (χ0n) is 11.2. The van der Waals surface area contributed by atoms with Gasteiger partial charge in [0.15, 0.2) is 15.7 Å². The van der Waals surface area contributed by atoms with Crippen molar-refractivity contribution in [3.63, 3.8) is 0 Å². The standard InChI is InChI=1S/C10H18N4O4S2/c1-2-13-8-9(10(11)12-13)20(17,18)14-4-3-6-19(15,16)7-5-14/h8H,2-7H2,1H3,(H2,11,12). The van der Waals surface area contributed by atoms with Gasteiger partial charge in [0.25, 0.3) is 0 Å². The fourth-order valence-corrected chi connectivity index (χ4v) is 5.00. The molecular weight excluding hydrogens is 304 g/mol. The topological polar surface area (TPSA) is 115 Å². The molecule has 0 saturated carbocycles. The molecule has 2 heterocycles. The smallest absolute Gasteiger partial charge is 0.248 e. The Balaban J connectivity index is 2.32. The normalized spacial score (nSPS) is 20.6. The third-order valence-corrected chi connectivity index (χ3v) is 6.84. The van der Waals surface area contributed by atoms with Gasteiger partial charge in [-0.1, -0.05) is 0 Å². The maximum atomic E-state index is 12.5. The van der Waals surface area contributed by atoms with E-state index in [1.54, 1.807) is 0 Å². The van der Waals surface area contributed by atoms with Gasteiger partial charge in [0.2, 0.25) is 10.0 Å². The molecule has 1 aromatic heterocycles. The Morgan fingerprint density at radius 2 is 2.05 bits per heavy atom. The number of nitrogens with zero attached hydrogens (tertiary/aromatic N) is 3. The van der Waals surface area contributed by atoms with Gasteiger partial charge in [-0.25, -0.2) is 16.8 Å². The Kier molecular flexibility index (Phi) is 4.07. The average molecular weight is 322 g/mol. The van der Waals surface area contributed by atoms with Crippen molar-refractivity contribution in [3.8, 4) is 0 Å². The number of hydrogen-bond acceptors (Lipinski definition) is 6. The molecule has 20 heavy (non-hydrogen) atoms. The van der Waals surface area contributed by atoms with Crippen LogP contribution >= 0.6 is 0 Å². The van der Waals surface area contributed by atoms with E-state index in [2.05, 4.69) is 5.10 Å². The van der Waals surface area contributed by atoms with Crippen LogP contribution in [0.15, 0.2) is 11.1 Å². The van der Waals surface area contributed by atoms with Crippen molar-refractivity contribution in [2.45, 2.75) is 24.8 Å². The molecule has 0 atom stereocenters. The molecule has 1 aromatic rings. The SMILES string of the molecule is CCn1cc(S(=O)(=O)N2CCCS(=O)(=O)CC2)c(N)n1. The van der Waals surface area contributed by atoms with Crippen LogP contribution in [0.25, 0.3) is 0 Å². The number of aryl methyl sites for hydroxylation is 1. The largest absolute Gasteiger partial charge is 0.381 e. The van der Waals surface area contributed by atoms with Gasteiger partial charge in [0.05, 0.1) is 11.5 Å². The number of nitrogen functional groups attached to an aromatic ring is 1. The van der Waals surface area contributed by atoms with Crippen molar-refractivity contribution in [1.82, 2.24) is 14.1 Å². The summed E-state index contributed by atoms with van der Waals surface area (Å²) in [6.45, 7) is 2.47. The second-order valence-electron chi connectivity index (χ2n) is 4.64. The molecule has 10 heteroatoms. The highest BCUT2D eigenvalue weighted by atomic mass is 32.2. The van der Waals surface area contributed by atoms with E-state index in [1.165, 1.54) is 15.2 Å². The molecule has 1 fully saturated rings. The maximum Gasteiger partial charge on any atom is 0.248 e. The minimum Gasteiger partial charge on any atom is -0.381 e. The van der Waals surface area contributed by atoms with Gasteiger partial charge in [-0.15, -0.1) is 0 Å². The van der Waals surface area contributed by atoms with E-state index in [-0.39, 0.29) is 35.3 Å². The van der Waals surface area contributed by atoms with E-state index < -0.39 is 19.9 Å². The van der Waals surface area contributed by atoms with Crippen LogP contribution in [0.1, 0.15) is 13.3 Å². The van der Waals surface area contributed by atoms with Crippen LogP contribution in [0.3, 0.4) is 0 Å². The summed E-state index contributed by atoms with van der Waals surface area (Å²) < 4.78 is 50.7. The molecule has 1 saturated heterocycles. The Labute approximate surface area is 118 Å². The first-order chi connectivity index (χ1) is 9.26. The molecule has 1 aliphatic heterocycles. The summed E-state index contributed by atoms with van der Waals surface area (Å²) in [5, 5.41) is 3.91. The molecule has 0 bridgehead atoms. The highest BCUT2D eigenvalue weighted by Gasteiger charge is 2.31.